The molecule has 1 nitrogen and oxygen atoms in total. The molecule has 0 aliphatic carbocycles. The molecule has 0 fully saturated rings. The van der Waals surface area contributed by atoms with Gasteiger partial charge in [0.05, 0.1) is 11.7 Å². The van der Waals surface area contributed by atoms with Gasteiger partial charge in [0.1, 0.15) is 5.82 Å². The summed E-state index contributed by atoms with van der Waals surface area (Å²) in [6.45, 7) is 0. The first kappa shape index (κ1) is 16.0. The lowest BCUT2D eigenvalue weighted by atomic mass is 9.96. The summed E-state index contributed by atoms with van der Waals surface area (Å²) in [7, 11) is 0. The monoisotopic (exact) mass is 362 g/mol. The highest BCUT2D eigenvalue weighted by atomic mass is 79.9. The Labute approximate surface area is 127 Å². The summed E-state index contributed by atoms with van der Waals surface area (Å²) in [4.78, 5) is 0. The molecule has 1 unspecified atom stereocenters. The molecule has 112 valence electrons. The number of benzene rings is 2. The Hall–Kier alpha value is -1.40. The minimum absolute atomic E-state index is 0.0357. The van der Waals surface area contributed by atoms with Crippen molar-refractivity contribution >= 4 is 15.9 Å². The normalized spacial score (nSPS) is 13.2. The van der Waals surface area contributed by atoms with Gasteiger partial charge in [-0.15, -0.1) is 0 Å². The van der Waals surface area contributed by atoms with Crippen molar-refractivity contribution < 1.29 is 22.7 Å². The summed E-state index contributed by atoms with van der Waals surface area (Å²) in [5.74, 6) is -0.814. The lowest BCUT2D eigenvalue weighted by molar-refractivity contribution is -0.139. The van der Waals surface area contributed by atoms with Crippen molar-refractivity contribution in [2.75, 3.05) is 0 Å². The molecule has 21 heavy (non-hydrogen) atoms. The zero-order valence-corrected chi connectivity index (χ0v) is 12.2. The van der Waals surface area contributed by atoms with Crippen LogP contribution in [0.2, 0.25) is 0 Å². The van der Waals surface area contributed by atoms with Gasteiger partial charge in [-0.3, -0.25) is 0 Å². The molecule has 2 aromatic carbocycles. The van der Waals surface area contributed by atoms with Gasteiger partial charge in [0, 0.05) is 10.9 Å². The van der Waals surface area contributed by atoms with Crippen LogP contribution in [0.1, 0.15) is 22.8 Å². The maximum absolute atomic E-state index is 13.2. The van der Waals surface area contributed by atoms with Crippen LogP contribution >= 0.6 is 15.9 Å². The van der Waals surface area contributed by atoms with Crippen LogP contribution in [0.5, 0.6) is 0 Å². The maximum Gasteiger partial charge on any atom is 0.416 e. The minimum atomic E-state index is -4.64. The molecule has 0 amide bonds. The summed E-state index contributed by atoms with van der Waals surface area (Å²) in [5, 5.41) is 10.1. The van der Waals surface area contributed by atoms with Gasteiger partial charge in [-0.05, 0) is 41.5 Å². The molecule has 0 bridgehead atoms. The van der Waals surface area contributed by atoms with E-state index < -0.39 is 29.2 Å². The first-order valence-electron chi connectivity index (χ1n) is 6.06. The molecule has 0 radical (unpaired) electrons. The van der Waals surface area contributed by atoms with E-state index in [9.17, 15) is 22.7 Å². The molecule has 0 spiro atoms. The molecule has 6 heteroatoms. The molecule has 0 aliphatic rings. The Morgan fingerprint density at radius 1 is 1.10 bits per heavy atom. The third-order valence-corrected chi connectivity index (χ3v) is 3.49. The first-order chi connectivity index (χ1) is 9.77. The van der Waals surface area contributed by atoms with E-state index in [0.29, 0.717) is 11.6 Å². The Morgan fingerprint density at radius 2 is 1.81 bits per heavy atom. The zero-order chi connectivity index (χ0) is 15.6. The van der Waals surface area contributed by atoms with Crippen LogP contribution < -0.4 is 0 Å². The summed E-state index contributed by atoms with van der Waals surface area (Å²) < 4.78 is 52.7. The summed E-state index contributed by atoms with van der Waals surface area (Å²) >= 11 is 3.24. The molecular formula is C15H11BrF4O. The fraction of sp³-hybridized carbons (Fsp3) is 0.200. The number of hydrogen-bond acceptors (Lipinski definition) is 1. The molecule has 0 aliphatic heterocycles. The predicted molar refractivity (Wildman–Crippen MR) is 74.2 cm³/mol. The quantitative estimate of drug-likeness (QED) is 0.771. The van der Waals surface area contributed by atoms with Gasteiger partial charge in [0.2, 0.25) is 0 Å². The average molecular weight is 363 g/mol. The van der Waals surface area contributed by atoms with Gasteiger partial charge in [-0.25, -0.2) is 4.39 Å². The third-order valence-electron chi connectivity index (χ3n) is 3.00. The van der Waals surface area contributed by atoms with Crippen molar-refractivity contribution in [2.45, 2.75) is 18.7 Å². The average Bonchev–Trinajstić information content (AvgIpc) is 2.37. The molecule has 0 heterocycles. The SMILES string of the molecule is OC(Cc1cccc(Br)c1)c1cc(F)ccc1C(F)(F)F. The number of alkyl halides is 3. The molecule has 2 rings (SSSR count). The zero-order valence-electron chi connectivity index (χ0n) is 10.7. The molecule has 0 saturated carbocycles. The Morgan fingerprint density at radius 3 is 2.43 bits per heavy atom. The summed E-state index contributed by atoms with van der Waals surface area (Å²) in [5.41, 5.74) is -0.830. The van der Waals surface area contributed by atoms with Gasteiger partial charge in [0.25, 0.3) is 0 Å². The van der Waals surface area contributed by atoms with Gasteiger partial charge in [-0.2, -0.15) is 13.2 Å². The van der Waals surface area contributed by atoms with E-state index >= 15 is 0 Å². The van der Waals surface area contributed by atoms with Crippen LogP contribution in [0, 0.1) is 5.82 Å². The van der Waals surface area contributed by atoms with Crippen LogP contribution in [0.15, 0.2) is 46.9 Å². The Kier molecular flexibility index (Phi) is 4.68. The fourth-order valence-electron chi connectivity index (χ4n) is 2.06. The molecule has 0 saturated heterocycles. The van der Waals surface area contributed by atoms with Crippen molar-refractivity contribution in [3.63, 3.8) is 0 Å². The van der Waals surface area contributed by atoms with Gasteiger partial charge < -0.3 is 5.11 Å². The van der Waals surface area contributed by atoms with Crippen LogP contribution in [0.4, 0.5) is 17.6 Å². The van der Waals surface area contributed by atoms with Gasteiger partial charge in [-0.1, -0.05) is 28.1 Å². The molecule has 1 N–H and O–H groups in total. The fourth-order valence-corrected chi connectivity index (χ4v) is 2.51. The van der Waals surface area contributed by atoms with E-state index in [1.54, 1.807) is 24.3 Å². The van der Waals surface area contributed by atoms with Crippen molar-refractivity contribution in [1.82, 2.24) is 0 Å². The second kappa shape index (κ2) is 6.15. The topological polar surface area (TPSA) is 20.2 Å². The van der Waals surface area contributed by atoms with Crippen LogP contribution in [0.3, 0.4) is 0 Å². The van der Waals surface area contributed by atoms with Crippen molar-refractivity contribution in [3.05, 3.63) is 69.4 Å². The minimum Gasteiger partial charge on any atom is -0.388 e. The third kappa shape index (κ3) is 4.04. The van der Waals surface area contributed by atoms with E-state index in [1.807, 2.05) is 0 Å². The second-order valence-corrected chi connectivity index (χ2v) is 5.49. The highest BCUT2D eigenvalue weighted by Gasteiger charge is 2.35. The highest BCUT2D eigenvalue weighted by Crippen LogP contribution is 2.36. The molecule has 1 atom stereocenters. The van der Waals surface area contributed by atoms with Crippen LogP contribution in [0.25, 0.3) is 0 Å². The van der Waals surface area contributed by atoms with E-state index in [0.717, 1.165) is 16.6 Å². The Balaban J connectivity index is 2.34. The van der Waals surface area contributed by atoms with E-state index in [1.165, 1.54) is 0 Å². The number of aliphatic hydroxyl groups excluding tert-OH is 1. The number of hydrogen-bond donors (Lipinski definition) is 1. The predicted octanol–water partition coefficient (Wildman–Crippen LogP) is 4.88. The lowest BCUT2D eigenvalue weighted by Crippen LogP contribution is -2.14. The molecule has 2 aromatic rings. The maximum atomic E-state index is 13.2. The summed E-state index contributed by atoms with van der Waals surface area (Å²) in [6.07, 6.45) is -6.11. The number of aliphatic hydroxyl groups is 1. The lowest BCUT2D eigenvalue weighted by Gasteiger charge is -2.18. The van der Waals surface area contributed by atoms with Gasteiger partial charge in [0.15, 0.2) is 0 Å². The smallest absolute Gasteiger partial charge is 0.388 e. The van der Waals surface area contributed by atoms with Crippen LogP contribution in [-0.4, -0.2) is 5.11 Å². The molecule has 0 aromatic heterocycles. The summed E-state index contributed by atoms with van der Waals surface area (Å²) in [6, 6.07) is 8.95. The number of halogens is 5. The first-order valence-corrected chi connectivity index (χ1v) is 6.86. The number of rotatable bonds is 3. The second-order valence-electron chi connectivity index (χ2n) is 4.58. The Bertz CT molecular complexity index is 640. The van der Waals surface area contributed by atoms with Crippen LogP contribution in [-0.2, 0) is 12.6 Å². The standard InChI is InChI=1S/C15H11BrF4O/c16-10-3-1-2-9(6-10)7-14(21)12-8-11(17)4-5-13(12)15(18,19)20/h1-6,8,14,21H,7H2. The van der Waals surface area contributed by atoms with Crippen molar-refractivity contribution in [1.29, 1.82) is 0 Å². The highest BCUT2D eigenvalue weighted by molar-refractivity contribution is 9.10. The van der Waals surface area contributed by atoms with E-state index in [4.69, 9.17) is 0 Å². The van der Waals surface area contributed by atoms with Gasteiger partial charge >= 0.3 is 6.18 Å². The van der Waals surface area contributed by atoms with E-state index in [-0.39, 0.29) is 6.42 Å². The van der Waals surface area contributed by atoms with Crippen molar-refractivity contribution in [3.8, 4) is 0 Å². The molecular weight excluding hydrogens is 352 g/mol. The largest absolute Gasteiger partial charge is 0.416 e. The van der Waals surface area contributed by atoms with E-state index in [2.05, 4.69) is 15.9 Å². The van der Waals surface area contributed by atoms with Crippen molar-refractivity contribution in [2.24, 2.45) is 0 Å².